The van der Waals surface area contributed by atoms with E-state index in [4.69, 9.17) is 4.74 Å². The van der Waals surface area contributed by atoms with Gasteiger partial charge < -0.3 is 14.9 Å². The van der Waals surface area contributed by atoms with E-state index in [0.29, 0.717) is 0 Å². The molecule has 1 fully saturated rings. The van der Waals surface area contributed by atoms with Crippen LogP contribution in [0, 0.1) is 0 Å². The first-order valence-electron chi connectivity index (χ1n) is 9.20. The molecule has 0 radical (unpaired) electrons. The lowest BCUT2D eigenvalue weighted by Gasteiger charge is -2.22. The SMILES string of the molecule is CCCCCC[C@@H](O)[C@H]1CC[C@@H]([C@@H](O)CCCCCC)O1. The van der Waals surface area contributed by atoms with Gasteiger partial charge in [0.15, 0.2) is 0 Å². The lowest BCUT2D eigenvalue weighted by Crippen LogP contribution is -2.31. The van der Waals surface area contributed by atoms with Gasteiger partial charge in [-0.2, -0.15) is 0 Å². The summed E-state index contributed by atoms with van der Waals surface area (Å²) in [5.41, 5.74) is 0. The highest BCUT2D eigenvalue weighted by Crippen LogP contribution is 2.28. The Hall–Kier alpha value is -0.120. The summed E-state index contributed by atoms with van der Waals surface area (Å²) in [5.74, 6) is 0. The Balaban J connectivity index is 2.15. The molecule has 0 aromatic heterocycles. The molecular formula is C18H36O3. The van der Waals surface area contributed by atoms with Gasteiger partial charge in [-0.25, -0.2) is 0 Å². The van der Waals surface area contributed by atoms with Gasteiger partial charge in [0.25, 0.3) is 0 Å². The van der Waals surface area contributed by atoms with Crippen molar-refractivity contribution in [1.29, 1.82) is 0 Å². The minimum atomic E-state index is -0.348. The second-order valence-electron chi connectivity index (χ2n) is 6.62. The topological polar surface area (TPSA) is 49.7 Å². The Morgan fingerprint density at radius 2 is 1.19 bits per heavy atom. The summed E-state index contributed by atoms with van der Waals surface area (Å²) in [4.78, 5) is 0. The summed E-state index contributed by atoms with van der Waals surface area (Å²) in [5, 5.41) is 20.4. The molecule has 0 bridgehead atoms. The van der Waals surface area contributed by atoms with Crippen molar-refractivity contribution in [3.8, 4) is 0 Å². The van der Waals surface area contributed by atoms with Gasteiger partial charge in [0.05, 0.1) is 24.4 Å². The first-order chi connectivity index (χ1) is 10.2. The maximum Gasteiger partial charge on any atom is 0.0840 e. The van der Waals surface area contributed by atoms with Gasteiger partial charge in [0, 0.05) is 0 Å². The second-order valence-corrected chi connectivity index (χ2v) is 6.62. The van der Waals surface area contributed by atoms with Crippen LogP contribution in [-0.2, 0) is 4.74 Å². The molecule has 1 aliphatic rings. The fourth-order valence-corrected chi connectivity index (χ4v) is 3.19. The van der Waals surface area contributed by atoms with E-state index in [1.165, 1.54) is 38.5 Å². The van der Waals surface area contributed by atoms with Gasteiger partial charge in [-0.1, -0.05) is 65.2 Å². The van der Waals surface area contributed by atoms with E-state index in [9.17, 15) is 10.2 Å². The van der Waals surface area contributed by atoms with Crippen molar-refractivity contribution in [2.45, 2.75) is 115 Å². The van der Waals surface area contributed by atoms with Crippen molar-refractivity contribution in [3.63, 3.8) is 0 Å². The van der Waals surface area contributed by atoms with Crippen molar-refractivity contribution >= 4 is 0 Å². The van der Waals surface area contributed by atoms with E-state index in [1.807, 2.05) is 0 Å². The van der Waals surface area contributed by atoms with Crippen LogP contribution < -0.4 is 0 Å². The number of hydrogen-bond donors (Lipinski definition) is 2. The quantitative estimate of drug-likeness (QED) is 0.531. The van der Waals surface area contributed by atoms with Crippen LogP contribution in [0.1, 0.15) is 90.9 Å². The second kappa shape index (κ2) is 11.4. The predicted octanol–water partition coefficient (Wildman–Crippen LogP) is 4.20. The Morgan fingerprint density at radius 1 is 0.762 bits per heavy atom. The molecule has 3 nitrogen and oxygen atoms in total. The molecular weight excluding hydrogens is 264 g/mol. The van der Waals surface area contributed by atoms with Crippen LogP contribution in [-0.4, -0.2) is 34.6 Å². The molecule has 1 heterocycles. The molecule has 0 amide bonds. The minimum Gasteiger partial charge on any atom is -0.390 e. The van der Waals surface area contributed by atoms with Crippen molar-refractivity contribution in [2.75, 3.05) is 0 Å². The first kappa shape index (κ1) is 18.9. The van der Waals surface area contributed by atoms with Crippen LogP contribution in [0.4, 0.5) is 0 Å². The lowest BCUT2D eigenvalue weighted by molar-refractivity contribution is -0.0786. The molecule has 0 aliphatic carbocycles. The predicted molar refractivity (Wildman–Crippen MR) is 87.4 cm³/mol. The van der Waals surface area contributed by atoms with Gasteiger partial charge in [-0.3, -0.25) is 0 Å². The van der Waals surface area contributed by atoms with Crippen LogP contribution in [0.3, 0.4) is 0 Å². The third-order valence-corrected chi connectivity index (χ3v) is 4.65. The lowest BCUT2D eigenvalue weighted by atomic mass is 10.0. The number of hydrogen-bond acceptors (Lipinski definition) is 3. The molecule has 0 aromatic rings. The van der Waals surface area contributed by atoms with Crippen molar-refractivity contribution in [2.24, 2.45) is 0 Å². The third-order valence-electron chi connectivity index (χ3n) is 4.65. The Morgan fingerprint density at radius 3 is 1.57 bits per heavy atom. The van der Waals surface area contributed by atoms with Crippen LogP contribution >= 0.6 is 0 Å². The van der Waals surface area contributed by atoms with E-state index in [2.05, 4.69) is 13.8 Å². The molecule has 4 atom stereocenters. The van der Waals surface area contributed by atoms with Gasteiger partial charge in [-0.15, -0.1) is 0 Å². The number of unbranched alkanes of at least 4 members (excludes halogenated alkanes) is 6. The zero-order valence-corrected chi connectivity index (χ0v) is 14.1. The number of rotatable bonds is 12. The zero-order chi connectivity index (χ0) is 15.5. The van der Waals surface area contributed by atoms with Gasteiger partial charge in [-0.05, 0) is 25.7 Å². The van der Waals surface area contributed by atoms with Crippen LogP contribution in [0.15, 0.2) is 0 Å². The van der Waals surface area contributed by atoms with Crippen molar-refractivity contribution < 1.29 is 14.9 Å². The van der Waals surface area contributed by atoms with E-state index < -0.39 is 0 Å². The molecule has 0 aromatic carbocycles. The van der Waals surface area contributed by atoms with E-state index in [-0.39, 0.29) is 24.4 Å². The summed E-state index contributed by atoms with van der Waals surface area (Å²) in [6.45, 7) is 4.39. The van der Waals surface area contributed by atoms with Gasteiger partial charge in [0.2, 0.25) is 0 Å². The summed E-state index contributed by atoms with van der Waals surface area (Å²) in [6.07, 6.45) is 12.2. The number of ether oxygens (including phenoxy) is 1. The third kappa shape index (κ3) is 7.62. The maximum atomic E-state index is 10.2. The molecule has 3 heteroatoms. The Bertz CT molecular complexity index is 221. The molecule has 21 heavy (non-hydrogen) atoms. The fraction of sp³-hybridized carbons (Fsp3) is 1.00. The van der Waals surface area contributed by atoms with Crippen LogP contribution in [0.5, 0.6) is 0 Å². The Kier molecular flexibility index (Phi) is 10.3. The molecule has 1 rings (SSSR count). The van der Waals surface area contributed by atoms with E-state index >= 15 is 0 Å². The zero-order valence-electron chi connectivity index (χ0n) is 14.1. The largest absolute Gasteiger partial charge is 0.390 e. The molecule has 1 aliphatic heterocycles. The number of aliphatic hydroxyl groups is 2. The molecule has 0 unspecified atom stereocenters. The standard InChI is InChI=1S/C18H36O3/c1-3-5-7-9-11-15(19)17-13-14-18(21-17)16(20)12-10-8-6-4-2/h15-20H,3-14H2,1-2H3/t15-,16+,17-,18+. The van der Waals surface area contributed by atoms with E-state index in [1.54, 1.807) is 0 Å². The normalized spacial score (nSPS) is 25.1. The van der Waals surface area contributed by atoms with E-state index in [0.717, 1.165) is 38.5 Å². The smallest absolute Gasteiger partial charge is 0.0840 e. The Labute approximate surface area is 131 Å². The summed E-state index contributed by atoms with van der Waals surface area (Å²) in [7, 11) is 0. The molecule has 0 spiro atoms. The average Bonchev–Trinajstić information content (AvgIpc) is 2.98. The maximum absolute atomic E-state index is 10.2. The summed E-state index contributed by atoms with van der Waals surface area (Å²) < 4.78 is 5.90. The van der Waals surface area contributed by atoms with Crippen LogP contribution in [0.25, 0.3) is 0 Å². The number of aliphatic hydroxyl groups excluding tert-OH is 2. The average molecular weight is 300 g/mol. The first-order valence-corrected chi connectivity index (χ1v) is 9.20. The van der Waals surface area contributed by atoms with Crippen LogP contribution in [0.2, 0.25) is 0 Å². The molecule has 1 saturated heterocycles. The summed E-state index contributed by atoms with van der Waals surface area (Å²) in [6, 6.07) is 0. The van der Waals surface area contributed by atoms with Gasteiger partial charge >= 0.3 is 0 Å². The highest BCUT2D eigenvalue weighted by atomic mass is 16.5. The molecule has 2 N–H and O–H groups in total. The highest BCUT2D eigenvalue weighted by molar-refractivity contribution is 4.83. The highest BCUT2D eigenvalue weighted by Gasteiger charge is 2.33. The van der Waals surface area contributed by atoms with Crippen molar-refractivity contribution in [3.05, 3.63) is 0 Å². The minimum absolute atomic E-state index is 0.0538. The molecule has 126 valence electrons. The molecule has 0 saturated carbocycles. The van der Waals surface area contributed by atoms with Crippen molar-refractivity contribution in [1.82, 2.24) is 0 Å². The monoisotopic (exact) mass is 300 g/mol. The fourth-order valence-electron chi connectivity index (χ4n) is 3.19. The summed E-state index contributed by atoms with van der Waals surface area (Å²) >= 11 is 0. The van der Waals surface area contributed by atoms with Gasteiger partial charge in [0.1, 0.15) is 0 Å².